The lowest BCUT2D eigenvalue weighted by atomic mass is 9.83. The number of ether oxygens (including phenoxy) is 5. The number of carboxylic acids is 1. The van der Waals surface area contributed by atoms with E-state index in [4.69, 9.17) is 23.7 Å². The normalized spacial score (nSPS) is 33.0. The van der Waals surface area contributed by atoms with Gasteiger partial charge in [0.2, 0.25) is 6.29 Å². The van der Waals surface area contributed by atoms with Gasteiger partial charge in [-0.3, -0.25) is 0 Å². The lowest BCUT2D eigenvalue weighted by Gasteiger charge is -2.42. The van der Waals surface area contributed by atoms with Crippen LogP contribution in [0.25, 0.3) is 0 Å². The molecule has 1 aliphatic carbocycles. The largest absolute Gasteiger partial charge is 0.504 e. The Kier molecular flexibility index (Phi) is 8.02. The summed E-state index contributed by atoms with van der Waals surface area (Å²) >= 11 is 0. The predicted molar refractivity (Wildman–Crippen MR) is 120 cm³/mol. The van der Waals surface area contributed by atoms with Crippen LogP contribution in [0.1, 0.15) is 16.8 Å². The van der Waals surface area contributed by atoms with Crippen molar-refractivity contribution in [1.29, 1.82) is 0 Å². The lowest BCUT2D eigenvalue weighted by molar-refractivity contribution is -0.339. The number of carboxylic acid groups (broad SMARTS) is 1. The van der Waals surface area contributed by atoms with Gasteiger partial charge >= 0.3 is 11.9 Å². The third-order valence-corrected chi connectivity index (χ3v) is 6.67. The van der Waals surface area contributed by atoms with Crippen LogP contribution < -0.4 is 4.74 Å². The van der Waals surface area contributed by atoms with Crippen molar-refractivity contribution in [3.8, 4) is 11.5 Å². The first-order valence-electron chi connectivity index (χ1n) is 11.4. The highest BCUT2D eigenvalue weighted by atomic mass is 16.8. The van der Waals surface area contributed by atoms with E-state index in [1.54, 1.807) is 6.08 Å². The Balaban J connectivity index is 1.50. The molecule has 0 unspecified atom stereocenters. The molecule has 1 saturated heterocycles. The van der Waals surface area contributed by atoms with Crippen molar-refractivity contribution in [3.63, 3.8) is 0 Å². The SMILES string of the molecule is COc1cc(C(=O)OCC2=CC[C@@H]3C(C(=O)O)=CO[C@H](O[C@@H]4O[C@H](CO)[C@@H](O)[C@H](O)[C@H]4O)[C@@H]23)ccc1O. The van der Waals surface area contributed by atoms with E-state index >= 15 is 0 Å². The van der Waals surface area contributed by atoms with Crippen molar-refractivity contribution < 1.29 is 63.9 Å². The van der Waals surface area contributed by atoms with Crippen LogP contribution in [0.4, 0.5) is 0 Å². The average Bonchev–Trinajstić information content (AvgIpc) is 3.32. The maximum atomic E-state index is 12.6. The van der Waals surface area contributed by atoms with Gasteiger partial charge in [0.05, 0.1) is 37.0 Å². The summed E-state index contributed by atoms with van der Waals surface area (Å²) in [6.45, 7) is -0.900. The number of aliphatic carboxylic acids is 1. The number of aliphatic hydroxyl groups excluding tert-OH is 4. The van der Waals surface area contributed by atoms with Crippen LogP contribution in [0.3, 0.4) is 0 Å². The van der Waals surface area contributed by atoms with Crippen LogP contribution in [0.15, 0.2) is 41.7 Å². The Morgan fingerprint density at radius 1 is 1.11 bits per heavy atom. The Morgan fingerprint density at radius 2 is 1.86 bits per heavy atom. The van der Waals surface area contributed by atoms with Crippen LogP contribution >= 0.6 is 0 Å². The summed E-state index contributed by atoms with van der Waals surface area (Å²) in [7, 11) is 1.33. The highest BCUT2D eigenvalue weighted by Crippen LogP contribution is 2.44. The third-order valence-electron chi connectivity index (χ3n) is 6.67. The van der Waals surface area contributed by atoms with Gasteiger partial charge in [-0.05, 0) is 30.2 Å². The minimum absolute atomic E-state index is 0.0282. The van der Waals surface area contributed by atoms with Gasteiger partial charge in [0.1, 0.15) is 31.0 Å². The molecule has 13 heteroatoms. The molecule has 0 aromatic heterocycles. The Bertz CT molecular complexity index is 1080. The molecule has 0 amide bonds. The maximum absolute atomic E-state index is 12.6. The maximum Gasteiger partial charge on any atom is 0.338 e. The molecule has 13 nitrogen and oxygen atoms in total. The number of hydrogen-bond acceptors (Lipinski definition) is 12. The first-order valence-corrected chi connectivity index (χ1v) is 11.4. The van der Waals surface area contributed by atoms with E-state index in [0.717, 1.165) is 6.26 Å². The molecular weight excluding hydrogens is 496 g/mol. The molecule has 2 heterocycles. The number of phenols is 1. The van der Waals surface area contributed by atoms with Crippen molar-refractivity contribution >= 4 is 11.9 Å². The van der Waals surface area contributed by atoms with Crippen LogP contribution in [0.2, 0.25) is 0 Å². The number of esters is 1. The summed E-state index contributed by atoms with van der Waals surface area (Å²) < 4.78 is 27.1. The van der Waals surface area contributed by atoms with Gasteiger partial charge in [-0.2, -0.15) is 0 Å². The molecule has 4 rings (SSSR count). The number of rotatable bonds is 8. The van der Waals surface area contributed by atoms with E-state index in [0.29, 0.717) is 5.57 Å². The first kappa shape index (κ1) is 26.9. The van der Waals surface area contributed by atoms with E-state index in [9.17, 15) is 40.2 Å². The zero-order valence-electron chi connectivity index (χ0n) is 19.7. The van der Waals surface area contributed by atoms with Gasteiger partial charge in [0.15, 0.2) is 17.8 Å². The number of fused-ring (bicyclic) bond motifs is 1. The van der Waals surface area contributed by atoms with Gasteiger partial charge in [-0.25, -0.2) is 9.59 Å². The first-order chi connectivity index (χ1) is 17.7. The van der Waals surface area contributed by atoms with Gasteiger partial charge in [-0.1, -0.05) is 6.08 Å². The van der Waals surface area contributed by atoms with Crippen LogP contribution in [0, 0.1) is 11.8 Å². The van der Waals surface area contributed by atoms with E-state index < -0.39 is 67.4 Å². The summed E-state index contributed by atoms with van der Waals surface area (Å²) in [6, 6.07) is 3.94. The number of carbonyl (C=O) groups is 2. The molecular formula is C24H28O13. The molecule has 3 aliphatic rings. The molecule has 6 N–H and O–H groups in total. The zero-order chi connectivity index (χ0) is 26.9. The second-order valence-corrected chi connectivity index (χ2v) is 8.83. The quantitative estimate of drug-likeness (QED) is 0.184. The monoisotopic (exact) mass is 524 g/mol. The summed E-state index contributed by atoms with van der Waals surface area (Å²) in [6.07, 6.45) is -5.89. The van der Waals surface area contributed by atoms with E-state index in [1.807, 2.05) is 0 Å². The zero-order valence-corrected chi connectivity index (χ0v) is 19.7. The number of benzene rings is 1. The van der Waals surface area contributed by atoms with Gasteiger partial charge in [0, 0.05) is 5.92 Å². The second kappa shape index (κ2) is 11.0. The lowest BCUT2D eigenvalue weighted by Crippen LogP contribution is -2.60. The van der Waals surface area contributed by atoms with Gasteiger partial charge in [-0.15, -0.1) is 0 Å². The number of aromatic hydroxyl groups is 1. The van der Waals surface area contributed by atoms with Crippen molar-refractivity contribution in [2.75, 3.05) is 20.3 Å². The number of methoxy groups -OCH3 is 1. The summed E-state index contributed by atoms with van der Waals surface area (Å²) in [5, 5.41) is 59.2. The topological polar surface area (TPSA) is 202 Å². The molecule has 0 bridgehead atoms. The van der Waals surface area contributed by atoms with Gasteiger partial charge in [0.25, 0.3) is 0 Å². The molecule has 1 fully saturated rings. The number of aliphatic hydroxyl groups is 4. The van der Waals surface area contributed by atoms with Crippen molar-refractivity contribution in [2.45, 2.75) is 43.4 Å². The van der Waals surface area contributed by atoms with Crippen LogP contribution in [-0.2, 0) is 23.7 Å². The molecule has 0 saturated carbocycles. The molecule has 0 radical (unpaired) electrons. The standard InChI is InChI=1S/C24H28O13/c1-33-15-6-10(3-5-14(15)26)22(32)34-8-11-2-4-12-13(21(30)31)9-35-23(17(11)12)37-24-20(29)19(28)18(27)16(7-25)36-24/h2-3,5-6,9,12,16-20,23-29H,4,7-8H2,1H3,(H,30,31)/t12-,16-,17+,18-,19+,20-,23-,24+/m1/s1. The average molecular weight is 524 g/mol. The fourth-order valence-electron chi connectivity index (χ4n) is 4.65. The molecule has 202 valence electrons. The Labute approximate surface area is 210 Å². The molecule has 1 aromatic carbocycles. The highest BCUT2D eigenvalue weighted by Gasteiger charge is 2.49. The minimum atomic E-state index is -1.69. The summed E-state index contributed by atoms with van der Waals surface area (Å²) in [5.74, 6) is -3.36. The number of phenolic OH excluding ortho intramolecular Hbond substituents is 1. The van der Waals surface area contributed by atoms with Crippen molar-refractivity contribution in [1.82, 2.24) is 0 Å². The summed E-state index contributed by atoms with van der Waals surface area (Å²) in [4.78, 5) is 24.4. The Morgan fingerprint density at radius 3 is 2.54 bits per heavy atom. The second-order valence-electron chi connectivity index (χ2n) is 8.83. The highest BCUT2D eigenvalue weighted by molar-refractivity contribution is 5.90. The molecule has 2 aliphatic heterocycles. The smallest absolute Gasteiger partial charge is 0.338 e. The third kappa shape index (κ3) is 5.28. The number of carbonyl (C=O) groups excluding carboxylic acids is 1. The van der Waals surface area contributed by atoms with Crippen molar-refractivity contribution in [3.05, 3.63) is 47.2 Å². The minimum Gasteiger partial charge on any atom is -0.504 e. The van der Waals surface area contributed by atoms with Crippen molar-refractivity contribution in [2.24, 2.45) is 11.8 Å². The van der Waals surface area contributed by atoms with E-state index in [-0.39, 0.29) is 35.7 Å². The number of allylic oxidation sites excluding steroid dienone is 1. The Hall–Kier alpha value is -3.20. The molecule has 1 aromatic rings. The molecule has 37 heavy (non-hydrogen) atoms. The fraction of sp³-hybridized carbons (Fsp3) is 0.500. The van der Waals surface area contributed by atoms with E-state index in [2.05, 4.69) is 0 Å². The van der Waals surface area contributed by atoms with Crippen LogP contribution in [-0.4, -0.2) is 99.9 Å². The summed E-state index contributed by atoms with van der Waals surface area (Å²) in [5.41, 5.74) is 0.579. The fourth-order valence-corrected chi connectivity index (χ4v) is 4.65. The molecule has 0 spiro atoms. The van der Waals surface area contributed by atoms with Gasteiger partial charge < -0.3 is 54.3 Å². The molecule has 8 atom stereocenters. The number of hydrogen-bond donors (Lipinski definition) is 6. The predicted octanol–water partition coefficient (Wildman–Crippen LogP) is -0.739. The van der Waals surface area contributed by atoms with E-state index in [1.165, 1.54) is 25.3 Å². The van der Waals surface area contributed by atoms with Crippen LogP contribution in [0.5, 0.6) is 11.5 Å².